The number of hydrogen-bond donors (Lipinski definition) is 3. The molecule has 0 radical (unpaired) electrons. The van der Waals surface area contributed by atoms with Crippen LogP contribution in [-0.4, -0.2) is 50.8 Å². The molecular formula is C10H17N5O2. The van der Waals surface area contributed by atoms with E-state index in [1.165, 1.54) is 0 Å². The molecule has 1 unspecified atom stereocenters. The second-order valence-electron chi connectivity index (χ2n) is 4.31. The number of anilines is 1. The van der Waals surface area contributed by atoms with E-state index in [-0.39, 0.29) is 24.3 Å². The summed E-state index contributed by atoms with van der Waals surface area (Å²) >= 11 is 0. The van der Waals surface area contributed by atoms with Crippen LogP contribution in [0.5, 0.6) is 0 Å². The highest BCUT2D eigenvalue weighted by molar-refractivity contribution is 5.90. The summed E-state index contributed by atoms with van der Waals surface area (Å²) in [5.41, 5.74) is 5.36. The topological polar surface area (TPSA) is 108 Å². The van der Waals surface area contributed by atoms with Crippen LogP contribution in [0.3, 0.4) is 0 Å². The van der Waals surface area contributed by atoms with Gasteiger partial charge in [0.15, 0.2) is 0 Å². The van der Waals surface area contributed by atoms with Gasteiger partial charge in [-0.05, 0) is 25.2 Å². The van der Waals surface area contributed by atoms with Crippen molar-refractivity contribution in [2.24, 2.45) is 5.92 Å². The van der Waals surface area contributed by atoms with Crippen LogP contribution < -0.4 is 5.73 Å². The van der Waals surface area contributed by atoms with Crippen molar-refractivity contribution in [1.82, 2.24) is 20.1 Å². The van der Waals surface area contributed by atoms with Crippen LogP contribution in [0.4, 0.5) is 5.95 Å². The standard InChI is InChI=1S/C10H17N5O2/c11-10-12-8(13-14-10)9(17)15-4-1-2-7(6-15)3-5-16/h7,16H,1-6H2,(H3,11,12,13,14). The molecule has 1 amide bonds. The van der Waals surface area contributed by atoms with Gasteiger partial charge < -0.3 is 15.7 Å². The van der Waals surface area contributed by atoms with Gasteiger partial charge in [0.2, 0.25) is 11.8 Å². The SMILES string of the molecule is Nc1n[nH]c(C(=O)N2CCCC(CCO)C2)n1. The predicted octanol–water partition coefficient (Wildman–Crippen LogP) is -0.379. The number of nitrogens with one attached hydrogen (secondary N) is 1. The second kappa shape index (κ2) is 5.13. The average molecular weight is 239 g/mol. The molecule has 7 nitrogen and oxygen atoms in total. The molecule has 0 aliphatic carbocycles. The van der Waals surface area contributed by atoms with Gasteiger partial charge in [0.1, 0.15) is 0 Å². The van der Waals surface area contributed by atoms with Gasteiger partial charge in [-0.15, -0.1) is 5.10 Å². The molecule has 94 valence electrons. The number of nitrogens with two attached hydrogens (primary N) is 1. The number of nitrogens with zero attached hydrogens (tertiary/aromatic N) is 3. The molecule has 2 rings (SSSR count). The Morgan fingerprint density at radius 1 is 1.65 bits per heavy atom. The van der Waals surface area contributed by atoms with E-state index in [1.807, 2.05) is 0 Å². The smallest absolute Gasteiger partial charge is 0.291 e. The quantitative estimate of drug-likeness (QED) is 0.666. The zero-order valence-electron chi connectivity index (χ0n) is 9.59. The predicted molar refractivity (Wildman–Crippen MR) is 61.1 cm³/mol. The van der Waals surface area contributed by atoms with Crippen molar-refractivity contribution in [1.29, 1.82) is 0 Å². The summed E-state index contributed by atoms with van der Waals surface area (Å²) < 4.78 is 0. The van der Waals surface area contributed by atoms with Crippen LogP contribution in [-0.2, 0) is 0 Å². The molecule has 1 atom stereocenters. The number of aromatic amines is 1. The molecule has 0 bridgehead atoms. The first-order chi connectivity index (χ1) is 8.20. The third-order valence-electron chi connectivity index (χ3n) is 3.05. The third kappa shape index (κ3) is 2.73. The highest BCUT2D eigenvalue weighted by atomic mass is 16.3. The fourth-order valence-electron chi connectivity index (χ4n) is 2.19. The number of carbonyl (C=O) groups is 1. The third-order valence-corrected chi connectivity index (χ3v) is 3.05. The van der Waals surface area contributed by atoms with E-state index in [9.17, 15) is 4.79 Å². The minimum absolute atomic E-state index is 0.0808. The first-order valence-electron chi connectivity index (χ1n) is 5.78. The molecule has 1 fully saturated rings. The lowest BCUT2D eigenvalue weighted by molar-refractivity contribution is 0.0642. The molecule has 1 aliphatic heterocycles. The fraction of sp³-hybridized carbons (Fsp3) is 0.700. The molecule has 4 N–H and O–H groups in total. The lowest BCUT2D eigenvalue weighted by Gasteiger charge is -2.31. The van der Waals surface area contributed by atoms with Gasteiger partial charge in [-0.3, -0.25) is 9.89 Å². The summed E-state index contributed by atoms with van der Waals surface area (Å²) in [5.74, 6) is 0.472. The number of aliphatic hydroxyl groups is 1. The maximum atomic E-state index is 12.0. The molecule has 1 aromatic heterocycles. The van der Waals surface area contributed by atoms with E-state index in [2.05, 4.69) is 15.2 Å². The molecule has 17 heavy (non-hydrogen) atoms. The maximum Gasteiger partial charge on any atom is 0.291 e. The lowest BCUT2D eigenvalue weighted by atomic mass is 9.95. The highest BCUT2D eigenvalue weighted by Gasteiger charge is 2.25. The van der Waals surface area contributed by atoms with Gasteiger partial charge in [0, 0.05) is 19.7 Å². The van der Waals surface area contributed by atoms with E-state index in [4.69, 9.17) is 10.8 Å². The number of likely N-dealkylation sites (tertiary alicyclic amines) is 1. The Labute approximate surface area is 99.0 Å². The van der Waals surface area contributed by atoms with E-state index < -0.39 is 0 Å². The first-order valence-corrected chi connectivity index (χ1v) is 5.78. The number of hydrogen-bond acceptors (Lipinski definition) is 5. The minimum Gasteiger partial charge on any atom is -0.396 e. The van der Waals surface area contributed by atoms with Gasteiger partial charge in [0.25, 0.3) is 5.91 Å². The van der Waals surface area contributed by atoms with Crippen LogP contribution >= 0.6 is 0 Å². The number of amides is 1. The van der Waals surface area contributed by atoms with Crippen LogP contribution in [0.2, 0.25) is 0 Å². The molecule has 1 aromatic rings. The molecule has 1 saturated heterocycles. The van der Waals surface area contributed by atoms with Crippen LogP contribution in [0.25, 0.3) is 0 Å². The van der Waals surface area contributed by atoms with Crippen LogP contribution in [0.1, 0.15) is 29.9 Å². The number of H-pyrrole nitrogens is 1. The van der Waals surface area contributed by atoms with E-state index in [0.29, 0.717) is 12.5 Å². The summed E-state index contributed by atoms with van der Waals surface area (Å²) in [6, 6.07) is 0. The van der Waals surface area contributed by atoms with Crippen molar-refractivity contribution in [3.63, 3.8) is 0 Å². The second-order valence-corrected chi connectivity index (χ2v) is 4.31. The van der Waals surface area contributed by atoms with Crippen molar-refractivity contribution >= 4 is 11.9 Å². The molecule has 2 heterocycles. The van der Waals surface area contributed by atoms with E-state index in [0.717, 1.165) is 25.8 Å². The molecular weight excluding hydrogens is 222 g/mol. The van der Waals surface area contributed by atoms with Crippen molar-refractivity contribution in [2.75, 3.05) is 25.4 Å². The monoisotopic (exact) mass is 239 g/mol. The molecule has 0 aromatic carbocycles. The average Bonchev–Trinajstić information content (AvgIpc) is 2.76. The minimum atomic E-state index is -0.170. The summed E-state index contributed by atoms with van der Waals surface area (Å²) in [4.78, 5) is 17.6. The molecule has 7 heteroatoms. The van der Waals surface area contributed by atoms with Crippen molar-refractivity contribution in [3.8, 4) is 0 Å². The summed E-state index contributed by atoms with van der Waals surface area (Å²) in [5, 5.41) is 15.1. The molecule has 0 saturated carbocycles. The van der Waals surface area contributed by atoms with Gasteiger partial charge in [0.05, 0.1) is 0 Å². The Morgan fingerprint density at radius 3 is 3.12 bits per heavy atom. The van der Waals surface area contributed by atoms with E-state index >= 15 is 0 Å². The largest absolute Gasteiger partial charge is 0.396 e. The van der Waals surface area contributed by atoms with Crippen molar-refractivity contribution in [2.45, 2.75) is 19.3 Å². The van der Waals surface area contributed by atoms with Gasteiger partial charge in [-0.25, -0.2) is 0 Å². The Hall–Kier alpha value is -1.63. The molecule has 0 spiro atoms. The Morgan fingerprint density at radius 2 is 2.47 bits per heavy atom. The fourth-order valence-corrected chi connectivity index (χ4v) is 2.19. The number of piperidine rings is 1. The Bertz CT molecular complexity index is 390. The normalized spacial score (nSPS) is 20.5. The van der Waals surface area contributed by atoms with Crippen LogP contribution in [0.15, 0.2) is 0 Å². The summed E-state index contributed by atoms with van der Waals surface area (Å²) in [6.07, 6.45) is 2.76. The Balaban J connectivity index is 1.99. The van der Waals surface area contributed by atoms with Gasteiger partial charge >= 0.3 is 0 Å². The summed E-state index contributed by atoms with van der Waals surface area (Å²) in [6.45, 7) is 1.56. The number of nitrogen functional groups attached to an aromatic ring is 1. The van der Waals surface area contributed by atoms with Crippen LogP contribution in [0, 0.1) is 5.92 Å². The lowest BCUT2D eigenvalue weighted by Crippen LogP contribution is -2.40. The van der Waals surface area contributed by atoms with Crippen molar-refractivity contribution in [3.05, 3.63) is 5.82 Å². The number of aliphatic hydroxyl groups excluding tert-OH is 1. The number of rotatable bonds is 3. The molecule has 1 aliphatic rings. The highest BCUT2D eigenvalue weighted by Crippen LogP contribution is 2.20. The maximum absolute atomic E-state index is 12.0. The zero-order valence-corrected chi connectivity index (χ0v) is 9.59. The summed E-state index contributed by atoms with van der Waals surface area (Å²) in [7, 11) is 0. The zero-order chi connectivity index (χ0) is 12.3. The first kappa shape index (κ1) is 11.8. The number of carbonyl (C=O) groups excluding carboxylic acids is 1. The van der Waals surface area contributed by atoms with Crippen molar-refractivity contribution < 1.29 is 9.90 Å². The van der Waals surface area contributed by atoms with Gasteiger partial charge in [-0.2, -0.15) is 4.98 Å². The van der Waals surface area contributed by atoms with Gasteiger partial charge in [-0.1, -0.05) is 0 Å². The van der Waals surface area contributed by atoms with E-state index in [1.54, 1.807) is 4.90 Å². The Kier molecular flexibility index (Phi) is 3.58. The number of aromatic nitrogens is 3.